The molecule has 0 amide bonds. The van der Waals surface area contributed by atoms with Crippen molar-refractivity contribution in [2.75, 3.05) is 6.61 Å². The van der Waals surface area contributed by atoms with Crippen molar-refractivity contribution in [2.24, 2.45) is 0 Å². The Hall–Kier alpha value is -3.18. The van der Waals surface area contributed by atoms with E-state index in [1.807, 2.05) is 0 Å². The van der Waals surface area contributed by atoms with E-state index in [4.69, 9.17) is 9.84 Å². The molecule has 2 rings (SSSR count). The van der Waals surface area contributed by atoms with Crippen LogP contribution in [0.15, 0.2) is 85.0 Å². The normalized spacial score (nSPS) is 10.9. The van der Waals surface area contributed by atoms with Gasteiger partial charge in [-0.3, -0.25) is 0 Å². The summed E-state index contributed by atoms with van der Waals surface area (Å²) in [6, 6.07) is 17.4. The van der Waals surface area contributed by atoms with Crippen LogP contribution in [0.5, 0.6) is 0 Å². The van der Waals surface area contributed by atoms with Crippen molar-refractivity contribution in [1.82, 2.24) is 0 Å². The molecule has 0 heterocycles. The third kappa shape index (κ3) is 3.67. The van der Waals surface area contributed by atoms with Gasteiger partial charge in [0.2, 0.25) is 0 Å². The largest absolute Gasteiger partial charge is 0.478 e. The van der Waals surface area contributed by atoms with Crippen molar-refractivity contribution in [3.63, 3.8) is 0 Å². The van der Waals surface area contributed by atoms with Crippen molar-refractivity contribution < 1.29 is 24.5 Å². The van der Waals surface area contributed by atoms with Gasteiger partial charge in [-0.1, -0.05) is 73.8 Å². The van der Waals surface area contributed by atoms with Crippen LogP contribution >= 0.6 is 0 Å². The van der Waals surface area contributed by atoms with Gasteiger partial charge in [0.25, 0.3) is 0 Å². The van der Waals surface area contributed by atoms with Gasteiger partial charge in [-0.15, -0.1) is 0 Å². The summed E-state index contributed by atoms with van der Waals surface area (Å²) in [5.41, 5.74) is -0.872. The predicted molar refractivity (Wildman–Crippen MR) is 93.2 cm³/mol. The monoisotopic (exact) mass is 338 g/mol. The molecule has 2 N–H and O–H groups in total. The van der Waals surface area contributed by atoms with Gasteiger partial charge < -0.3 is 14.9 Å². The summed E-state index contributed by atoms with van der Waals surface area (Å²) in [6.07, 6.45) is 0. The molecule has 0 saturated carbocycles. The summed E-state index contributed by atoms with van der Waals surface area (Å²) in [4.78, 5) is 22.8. The number of hydrogen-bond donors (Lipinski definition) is 2. The molecule has 0 aliphatic carbocycles. The van der Waals surface area contributed by atoms with Crippen LogP contribution < -0.4 is 0 Å². The minimum atomic E-state index is -1.53. The number of benzene rings is 2. The lowest BCUT2D eigenvalue weighted by Gasteiger charge is -2.35. The summed E-state index contributed by atoms with van der Waals surface area (Å²) >= 11 is 0. The van der Waals surface area contributed by atoms with Crippen LogP contribution in [0, 0.1) is 0 Å². The van der Waals surface area contributed by atoms with Gasteiger partial charge in [-0.05, 0) is 11.1 Å². The molecule has 0 fully saturated rings. The third-order valence-electron chi connectivity index (χ3n) is 3.81. The molecule has 0 spiro atoms. The fraction of sp³-hybridized carbons (Fsp3) is 0.100. The molecule has 0 aliphatic rings. The predicted octanol–water partition coefficient (Wildman–Crippen LogP) is 3.23. The summed E-state index contributed by atoms with van der Waals surface area (Å²) in [5.74, 6) is -2.45. The average Bonchev–Trinajstić information content (AvgIpc) is 2.63. The fourth-order valence-electron chi connectivity index (χ4n) is 2.52. The number of rotatable bonds is 8. The van der Waals surface area contributed by atoms with Crippen LogP contribution in [0.2, 0.25) is 0 Å². The first-order valence-electron chi connectivity index (χ1n) is 7.48. The lowest BCUT2D eigenvalue weighted by molar-refractivity contribution is -0.136. The molecule has 0 saturated heterocycles. The minimum Gasteiger partial charge on any atom is -0.478 e. The van der Waals surface area contributed by atoms with E-state index in [1.54, 1.807) is 60.7 Å². The van der Waals surface area contributed by atoms with E-state index >= 15 is 0 Å². The van der Waals surface area contributed by atoms with Crippen LogP contribution in [0.4, 0.5) is 0 Å². The van der Waals surface area contributed by atoms with E-state index in [0.29, 0.717) is 11.1 Å². The lowest BCUT2D eigenvalue weighted by Crippen LogP contribution is -2.37. The lowest BCUT2D eigenvalue weighted by atomic mass is 9.80. The van der Waals surface area contributed by atoms with Gasteiger partial charge in [0, 0.05) is 0 Å². The first-order valence-corrected chi connectivity index (χ1v) is 7.48. The Bertz CT molecular complexity index is 754. The van der Waals surface area contributed by atoms with Crippen LogP contribution in [0.3, 0.4) is 0 Å². The van der Waals surface area contributed by atoms with Crippen molar-refractivity contribution in [1.29, 1.82) is 0 Å². The average molecular weight is 338 g/mol. The number of carboxylic acid groups (broad SMARTS) is 2. The van der Waals surface area contributed by atoms with E-state index in [-0.39, 0.29) is 17.8 Å². The molecule has 0 aromatic heterocycles. The van der Waals surface area contributed by atoms with Gasteiger partial charge in [-0.2, -0.15) is 0 Å². The molecule has 2 aromatic rings. The Kier molecular flexibility index (Phi) is 5.52. The highest BCUT2D eigenvalue weighted by Gasteiger charge is 2.42. The van der Waals surface area contributed by atoms with Gasteiger partial charge in [0.1, 0.15) is 0 Å². The van der Waals surface area contributed by atoms with Gasteiger partial charge in [-0.25, -0.2) is 9.59 Å². The third-order valence-corrected chi connectivity index (χ3v) is 3.81. The molecular weight excluding hydrogens is 320 g/mol. The molecule has 25 heavy (non-hydrogen) atoms. The number of carbonyl (C=O) groups is 2. The second-order valence-corrected chi connectivity index (χ2v) is 5.39. The second-order valence-electron chi connectivity index (χ2n) is 5.39. The van der Waals surface area contributed by atoms with Crippen molar-refractivity contribution >= 4 is 11.9 Å². The maximum atomic E-state index is 11.8. The number of carboxylic acids is 2. The van der Waals surface area contributed by atoms with Crippen molar-refractivity contribution in [3.05, 3.63) is 96.1 Å². The summed E-state index contributed by atoms with van der Waals surface area (Å²) in [5, 5.41) is 18.6. The van der Waals surface area contributed by atoms with Gasteiger partial charge in [0.05, 0.1) is 17.8 Å². The summed E-state index contributed by atoms with van der Waals surface area (Å²) in [7, 11) is 0. The van der Waals surface area contributed by atoms with Crippen LogP contribution in [0.1, 0.15) is 11.1 Å². The summed E-state index contributed by atoms with van der Waals surface area (Å²) in [6.45, 7) is 6.79. The van der Waals surface area contributed by atoms with E-state index in [1.165, 1.54) is 0 Å². The van der Waals surface area contributed by atoms with E-state index in [9.17, 15) is 14.7 Å². The fourth-order valence-corrected chi connectivity index (χ4v) is 2.52. The first kappa shape index (κ1) is 18.2. The molecule has 0 radical (unpaired) electrons. The number of hydrogen-bond acceptors (Lipinski definition) is 3. The summed E-state index contributed by atoms with van der Waals surface area (Å²) < 4.78 is 5.89. The van der Waals surface area contributed by atoms with Crippen molar-refractivity contribution in [3.8, 4) is 0 Å². The molecule has 0 unspecified atom stereocenters. The Morgan fingerprint density at radius 1 is 0.840 bits per heavy atom. The number of ether oxygens (including phenoxy) is 1. The van der Waals surface area contributed by atoms with E-state index in [0.717, 1.165) is 0 Å². The quantitative estimate of drug-likeness (QED) is 0.722. The first-order chi connectivity index (χ1) is 11.9. The Morgan fingerprint density at radius 3 is 1.64 bits per heavy atom. The van der Waals surface area contributed by atoms with Crippen molar-refractivity contribution in [2.45, 2.75) is 5.60 Å². The molecule has 0 bridgehead atoms. The highest BCUT2D eigenvalue weighted by atomic mass is 16.5. The van der Waals surface area contributed by atoms with E-state index < -0.39 is 17.5 Å². The Balaban J connectivity index is 2.65. The molecule has 5 nitrogen and oxygen atoms in total. The zero-order chi connectivity index (χ0) is 18.4. The topological polar surface area (TPSA) is 83.8 Å². The van der Waals surface area contributed by atoms with E-state index in [2.05, 4.69) is 13.2 Å². The Labute approximate surface area is 145 Å². The smallest absolute Gasteiger partial charge is 0.334 e. The Morgan fingerprint density at radius 2 is 1.28 bits per heavy atom. The van der Waals surface area contributed by atoms with Crippen LogP contribution in [-0.2, 0) is 19.9 Å². The maximum absolute atomic E-state index is 11.8. The molecule has 0 aliphatic heterocycles. The standard InChI is InChI=1S/C20H18O5/c1-14(18(21)22)13-25-20(15(2)19(23)24,16-9-5-3-6-10-16)17-11-7-4-8-12-17/h3-12H,1-2,13H2,(H,21,22)(H,23,24). The SMILES string of the molecule is C=C(COC(C(=C)C(=O)O)(c1ccccc1)c1ccccc1)C(=O)O. The second kappa shape index (κ2) is 7.59. The highest BCUT2D eigenvalue weighted by molar-refractivity contribution is 5.90. The highest BCUT2D eigenvalue weighted by Crippen LogP contribution is 2.40. The number of aliphatic carboxylic acids is 2. The van der Waals surface area contributed by atoms with Gasteiger partial charge >= 0.3 is 11.9 Å². The van der Waals surface area contributed by atoms with Gasteiger partial charge in [0.15, 0.2) is 5.60 Å². The molecule has 0 atom stereocenters. The minimum absolute atomic E-state index is 0.186. The zero-order valence-corrected chi connectivity index (χ0v) is 13.5. The molecular formula is C20H18O5. The molecule has 128 valence electrons. The molecule has 5 heteroatoms. The molecule has 2 aromatic carbocycles. The zero-order valence-electron chi connectivity index (χ0n) is 13.5. The van der Waals surface area contributed by atoms with Crippen LogP contribution in [-0.4, -0.2) is 28.8 Å². The van der Waals surface area contributed by atoms with Crippen LogP contribution in [0.25, 0.3) is 0 Å². The maximum Gasteiger partial charge on any atom is 0.334 e.